The molecule has 0 radical (unpaired) electrons. The standard InChI is InChI=1S/C13H23N5O2S/c1-4-16(5-2)12-6-7-14-13(15-12)17-8-10-18(11-9-17)21(3,19)20/h6-7H,4-5,8-11H2,1-3H3. The number of nitrogens with zero attached hydrogens (tertiary/aromatic N) is 5. The lowest BCUT2D eigenvalue weighted by Gasteiger charge is -2.33. The maximum Gasteiger partial charge on any atom is 0.227 e. The molecular weight excluding hydrogens is 290 g/mol. The number of sulfonamides is 1. The van der Waals surface area contributed by atoms with Crippen molar-refractivity contribution < 1.29 is 8.42 Å². The van der Waals surface area contributed by atoms with E-state index in [1.807, 2.05) is 11.0 Å². The minimum Gasteiger partial charge on any atom is -0.357 e. The molecule has 0 atom stereocenters. The zero-order chi connectivity index (χ0) is 15.5. The highest BCUT2D eigenvalue weighted by molar-refractivity contribution is 7.88. The first-order valence-corrected chi connectivity index (χ1v) is 9.08. The molecule has 8 heteroatoms. The van der Waals surface area contributed by atoms with Gasteiger partial charge in [0.2, 0.25) is 16.0 Å². The lowest BCUT2D eigenvalue weighted by Crippen LogP contribution is -2.48. The van der Waals surface area contributed by atoms with Gasteiger partial charge in [0.25, 0.3) is 0 Å². The number of hydrogen-bond acceptors (Lipinski definition) is 6. The first kappa shape index (κ1) is 16.0. The van der Waals surface area contributed by atoms with Crippen LogP contribution in [0, 0.1) is 0 Å². The van der Waals surface area contributed by atoms with Crippen LogP contribution in [0.4, 0.5) is 11.8 Å². The van der Waals surface area contributed by atoms with Gasteiger partial charge in [-0.2, -0.15) is 9.29 Å². The fraction of sp³-hybridized carbons (Fsp3) is 0.692. The van der Waals surface area contributed by atoms with Crippen LogP contribution in [0.15, 0.2) is 12.3 Å². The van der Waals surface area contributed by atoms with E-state index in [0.29, 0.717) is 32.1 Å². The molecule has 7 nitrogen and oxygen atoms in total. The third-order valence-corrected chi connectivity index (χ3v) is 5.01. The summed E-state index contributed by atoms with van der Waals surface area (Å²) in [7, 11) is -3.10. The van der Waals surface area contributed by atoms with Gasteiger partial charge in [-0.3, -0.25) is 0 Å². The van der Waals surface area contributed by atoms with E-state index < -0.39 is 10.0 Å². The molecule has 0 spiro atoms. The van der Waals surface area contributed by atoms with Crippen molar-refractivity contribution in [1.29, 1.82) is 0 Å². The summed E-state index contributed by atoms with van der Waals surface area (Å²) in [5.41, 5.74) is 0. The van der Waals surface area contributed by atoms with Crippen LogP contribution in [-0.2, 0) is 10.0 Å². The molecular formula is C13H23N5O2S. The Morgan fingerprint density at radius 2 is 1.81 bits per heavy atom. The average molecular weight is 313 g/mol. The van der Waals surface area contributed by atoms with Crippen molar-refractivity contribution in [2.24, 2.45) is 0 Å². The van der Waals surface area contributed by atoms with Crippen LogP contribution in [-0.4, -0.2) is 68.2 Å². The molecule has 0 aromatic carbocycles. The first-order valence-electron chi connectivity index (χ1n) is 7.23. The number of anilines is 2. The van der Waals surface area contributed by atoms with E-state index in [2.05, 4.69) is 28.7 Å². The maximum atomic E-state index is 11.5. The van der Waals surface area contributed by atoms with Gasteiger partial charge in [-0.15, -0.1) is 0 Å². The van der Waals surface area contributed by atoms with E-state index in [4.69, 9.17) is 0 Å². The van der Waals surface area contributed by atoms with E-state index in [-0.39, 0.29) is 0 Å². The molecule has 2 heterocycles. The van der Waals surface area contributed by atoms with Crippen LogP contribution < -0.4 is 9.80 Å². The van der Waals surface area contributed by atoms with Crippen molar-refractivity contribution >= 4 is 21.8 Å². The fourth-order valence-corrected chi connectivity index (χ4v) is 3.26. The second kappa shape index (κ2) is 6.57. The predicted molar refractivity (Wildman–Crippen MR) is 84.2 cm³/mol. The summed E-state index contributed by atoms with van der Waals surface area (Å²) in [6.45, 7) is 8.19. The van der Waals surface area contributed by atoms with Crippen molar-refractivity contribution in [2.45, 2.75) is 13.8 Å². The second-order valence-corrected chi connectivity index (χ2v) is 7.02. The Labute approximate surface area is 126 Å². The van der Waals surface area contributed by atoms with Gasteiger partial charge in [-0.05, 0) is 19.9 Å². The Hall–Kier alpha value is -1.41. The summed E-state index contributed by atoms with van der Waals surface area (Å²) in [4.78, 5) is 13.1. The molecule has 1 aromatic rings. The zero-order valence-electron chi connectivity index (χ0n) is 12.9. The second-order valence-electron chi connectivity index (χ2n) is 5.04. The number of piperazine rings is 1. The molecule has 1 fully saturated rings. The smallest absolute Gasteiger partial charge is 0.227 e. The zero-order valence-corrected chi connectivity index (χ0v) is 13.7. The lowest BCUT2D eigenvalue weighted by molar-refractivity contribution is 0.385. The van der Waals surface area contributed by atoms with Crippen molar-refractivity contribution in [3.63, 3.8) is 0 Å². The average Bonchev–Trinajstić information content (AvgIpc) is 2.48. The summed E-state index contributed by atoms with van der Waals surface area (Å²) < 4.78 is 24.5. The molecule has 1 saturated heterocycles. The quantitative estimate of drug-likeness (QED) is 0.784. The highest BCUT2D eigenvalue weighted by Gasteiger charge is 2.24. The molecule has 2 rings (SSSR count). The molecule has 0 N–H and O–H groups in total. The van der Waals surface area contributed by atoms with Gasteiger partial charge in [0, 0.05) is 45.5 Å². The van der Waals surface area contributed by atoms with E-state index in [9.17, 15) is 8.42 Å². The third kappa shape index (κ3) is 3.82. The number of hydrogen-bond donors (Lipinski definition) is 0. The molecule has 1 aromatic heterocycles. The first-order chi connectivity index (χ1) is 9.95. The van der Waals surface area contributed by atoms with Crippen LogP contribution in [0.25, 0.3) is 0 Å². The van der Waals surface area contributed by atoms with Crippen molar-refractivity contribution in [3.8, 4) is 0 Å². The molecule has 1 aliphatic heterocycles. The fourth-order valence-electron chi connectivity index (χ4n) is 2.44. The molecule has 118 valence electrons. The van der Waals surface area contributed by atoms with Crippen LogP contribution in [0.1, 0.15) is 13.8 Å². The van der Waals surface area contributed by atoms with Crippen molar-refractivity contribution in [1.82, 2.24) is 14.3 Å². The molecule has 0 aliphatic carbocycles. The highest BCUT2D eigenvalue weighted by atomic mass is 32.2. The minimum absolute atomic E-state index is 0.484. The maximum absolute atomic E-state index is 11.5. The van der Waals surface area contributed by atoms with Crippen LogP contribution >= 0.6 is 0 Å². The van der Waals surface area contributed by atoms with E-state index in [1.165, 1.54) is 10.6 Å². The molecule has 21 heavy (non-hydrogen) atoms. The molecule has 0 unspecified atom stereocenters. The molecule has 0 bridgehead atoms. The summed E-state index contributed by atoms with van der Waals surface area (Å²) >= 11 is 0. The number of aromatic nitrogens is 2. The van der Waals surface area contributed by atoms with Gasteiger partial charge < -0.3 is 9.80 Å². The van der Waals surface area contributed by atoms with Gasteiger partial charge in [0.05, 0.1) is 6.26 Å². The molecule has 0 amide bonds. The summed E-state index contributed by atoms with van der Waals surface area (Å²) in [5.74, 6) is 1.59. The lowest BCUT2D eigenvalue weighted by atomic mass is 10.4. The Morgan fingerprint density at radius 3 is 2.33 bits per heavy atom. The third-order valence-electron chi connectivity index (χ3n) is 3.71. The van der Waals surface area contributed by atoms with E-state index in [0.717, 1.165) is 18.9 Å². The Morgan fingerprint density at radius 1 is 1.19 bits per heavy atom. The normalized spacial score (nSPS) is 17.0. The topological polar surface area (TPSA) is 69.6 Å². The number of rotatable bonds is 5. The Kier molecular flexibility index (Phi) is 5.00. The largest absolute Gasteiger partial charge is 0.357 e. The van der Waals surface area contributed by atoms with Crippen molar-refractivity contribution in [2.75, 3.05) is 55.3 Å². The summed E-state index contributed by atoms with van der Waals surface area (Å²) in [6, 6.07) is 1.91. The SMILES string of the molecule is CCN(CC)c1ccnc(N2CCN(S(C)(=O)=O)CC2)n1. The summed E-state index contributed by atoms with van der Waals surface area (Å²) in [5, 5.41) is 0. The predicted octanol–water partition coefficient (Wildman–Crippen LogP) is 0.404. The van der Waals surface area contributed by atoms with Gasteiger partial charge in [0.15, 0.2) is 0 Å². The Bertz CT molecular complexity index is 566. The van der Waals surface area contributed by atoms with E-state index >= 15 is 0 Å². The minimum atomic E-state index is -3.10. The Balaban J connectivity index is 2.09. The van der Waals surface area contributed by atoms with Crippen LogP contribution in [0.5, 0.6) is 0 Å². The van der Waals surface area contributed by atoms with Crippen molar-refractivity contribution in [3.05, 3.63) is 12.3 Å². The van der Waals surface area contributed by atoms with Crippen LogP contribution in [0.3, 0.4) is 0 Å². The van der Waals surface area contributed by atoms with Gasteiger partial charge in [0.1, 0.15) is 5.82 Å². The molecule has 0 saturated carbocycles. The summed E-state index contributed by atoms with van der Waals surface area (Å²) in [6.07, 6.45) is 3.01. The molecule has 1 aliphatic rings. The van der Waals surface area contributed by atoms with Gasteiger partial charge in [-0.1, -0.05) is 0 Å². The van der Waals surface area contributed by atoms with Crippen LogP contribution in [0.2, 0.25) is 0 Å². The van der Waals surface area contributed by atoms with Gasteiger partial charge in [-0.25, -0.2) is 13.4 Å². The van der Waals surface area contributed by atoms with E-state index in [1.54, 1.807) is 6.20 Å². The van der Waals surface area contributed by atoms with Gasteiger partial charge >= 0.3 is 0 Å². The highest BCUT2D eigenvalue weighted by Crippen LogP contribution is 2.17. The monoisotopic (exact) mass is 313 g/mol.